The van der Waals surface area contributed by atoms with Crippen LogP contribution in [0.4, 0.5) is 17.2 Å². The third kappa shape index (κ3) is 1.91. The van der Waals surface area contributed by atoms with Gasteiger partial charge in [-0.1, -0.05) is 29.8 Å². The SMILES string of the molecule is CN1CCN(c2cccc(Cl)n2)c2ccccc21. The van der Waals surface area contributed by atoms with Crippen LogP contribution in [0, 0.1) is 0 Å². The molecule has 1 aliphatic heterocycles. The number of anilines is 3. The molecule has 92 valence electrons. The zero-order valence-electron chi connectivity index (χ0n) is 10.2. The lowest BCUT2D eigenvalue weighted by atomic mass is 10.1. The third-order valence-electron chi connectivity index (χ3n) is 3.22. The summed E-state index contributed by atoms with van der Waals surface area (Å²) in [5.74, 6) is 0.906. The molecule has 3 rings (SSSR count). The first kappa shape index (κ1) is 11.4. The Kier molecular flexibility index (Phi) is 2.84. The topological polar surface area (TPSA) is 19.4 Å². The predicted octanol–water partition coefficient (Wildman–Crippen LogP) is 3.32. The van der Waals surface area contributed by atoms with Crippen LogP contribution in [0.5, 0.6) is 0 Å². The number of benzene rings is 1. The van der Waals surface area contributed by atoms with E-state index in [1.165, 1.54) is 11.4 Å². The Bertz CT molecular complexity index is 570. The molecule has 2 heterocycles. The highest BCUT2D eigenvalue weighted by Gasteiger charge is 2.21. The minimum absolute atomic E-state index is 0.531. The summed E-state index contributed by atoms with van der Waals surface area (Å²) in [6, 6.07) is 14.1. The van der Waals surface area contributed by atoms with E-state index in [2.05, 4.69) is 46.1 Å². The fourth-order valence-corrected chi connectivity index (χ4v) is 2.45. The molecule has 0 aliphatic carbocycles. The molecule has 2 aromatic rings. The van der Waals surface area contributed by atoms with E-state index in [1.54, 1.807) is 6.07 Å². The number of pyridine rings is 1. The molecule has 0 atom stereocenters. The van der Waals surface area contributed by atoms with Gasteiger partial charge in [-0.3, -0.25) is 0 Å². The zero-order chi connectivity index (χ0) is 12.5. The van der Waals surface area contributed by atoms with E-state index in [-0.39, 0.29) is 0 Å². The summed E-state index contributed by atoms with van der Waals surface area (Å²) in [7, 11) is 2.11. The Labute approximate surface area is 112 Å². The molecule has 0 N–H and O–H groups in total. The Hall–Kier alpha value is -1.74. The molecule has 3 nitrogen and oxygen atoms in total. The summed E-state index contributed by atoms with van der Waals surface area (Å²) in [5, 5.41) is 0.531. The van der Waals surface area contributed by atoms with E-state index < -0.39 is 0 Å². The Morgan fingerprint density at radius 1 is 1.00 bits per heavy atom. The van der Waals surface area contributed by atoms with Crippen molar-refractivity contribution >= 4 is 28.8 Å². The van der Waals surface area contributed by atoms with Crippen LogP contribution in [-0.4, -0.2) is 25.1 Å². The molecule has 0 unspecified atom stereocenters. The predicted molar refractivity (Wildman–Crippen MR) is 76.0 cm³/mol. The summed E-state index contributed by atoms with van der Waals surface area (Å²) in [6.45, 7) is 1.89. The van der Waals surface area contributed by atoms with Gasteiger partial charge in [0.1, 0.15) is 11.0 Å². The van der Waals surface area contributed by atoms with Gasteiger partial charge in [0.25, 0.3) is 0 Å². The molecular weight excluding hydrogens is 246 g/mol. The highest BCUT2D eigenvalue weighted by atomic mass is 35.5. The van der Waals surface area contributed by atoms with Crippen molar-refractivity contribution in [3.63, 3.8) is 0 Å². The third-order valence-corrected chi connectivity index (χ3v) is 3.43. The molecule has 1 aromatic carbocycles. The smallest absolute Gasteiger partial charge is 0.134 e. The maximum absolute atomic E-state index is 5.97. The summed E-state index contributed by atoms with van der Waals surface area (Å²) in [6.07, 6.45) is 0. The molecule has 0 fully saturated rings. The standard InChI is InChI=1S/C14H14ClN3/c1-17-9-10-18(12-6-3-2-5-11(12)17)14-8-4-7-13(15)16-14/h2-8H,9-10H2,1H3. The molecule has 1 aromatic heterocycles. The first-order valence-electron chi connectivity index (χ1n) is 5.96. The van der Waals surface area contributed by atoms with Crippen molar-refractivity contribution in [1.82, 2.24) is 4.98 Å². The van der Waals surface area contributed by atoms with Gasteiger partial charge in [0.2, 0.25) is 0 Å². The van der Waals surface area contributed by atoms with Crippen LogP contribution in [-0.2, 0) is 0 Å². The lowest BCUT2D eigenvalue weighted by Gasteiger charge is -2.36. The largest absolute Gasteiger partial charge is 0.371 e. The number of likely N-dealkylation sites (N-methyl/N-ethyl adjacent to an activating group) is 1. The molecule has 0 spiro atoms. The number of nitrogens with zero attached hydrogens (tertiary/aromatic N) is 3. The number of hydrogen-bond acceptors (Lipinski definition) is 3. The van der Waals surface area contributed by atoms with Gasteiger partial charge in [-0.15, -0.1) is 0 Å². The number of fused-ring (bicyclic) bond motifs is 1. The number of halogens is 1. The highest BCUT2D eigenvalue weighted by molar-refractivity contribution is 6.29. The van der Waals surface area contributed by atoms with Crippen molar-refractivity contribution in [2.75, 3.05) is 29.9 Å². The van der Waals surface area contributed by atoms with Crippen molar-refractivity contribution in [2.45, 2.75) is 0 Å². The molecule has 0 saturated carbocycles. The number of rotatable bonds is 1. The van der Waals surface area contributed by atoms with Gasteiger partial charge in [-0.25, -0.2) is 4.98 Å². The number of para-hydroxylation sites is 2. The van der Waals surface area contributed by atoms with Crippen LogP contribution in [0.25, 0.3) is 0 Å². The van der Waals surface area contributed by atoms with Crippen molar-refractivity contribution in [1.29, 1.82) is 0 Å². The van der Waals surface area contributed by atoms with Gasteiger partial charge < -0.3 is 9.80 Å². The Morgan fingerprint density at radius 2 is 1.78 bits per heavy atom. The van der Waals surface area contributed by atoms with E-state index in [0.29, 0.717) is 5.15 Å². The van der Waals surface area contributed by atoms with E-state index in [4.69, 9.17) is 11.6 Å². The second kappa shape index (κ2) is 4.50. The quantitative estimate of drug-likeness (QED) is 0.733. The maximum Gasteiger partial charge on any atom is 0.134 e. The van der Waals surface area contributed by atoms with Crippen LogP contribution in [0.15, 0.2) is 42.5 Å². The molecule has 1 aliphatic rings. The van der Waals surface area contributed by atoms with E-state index in [1.807, 2.05) is 12.1 Å². The molecule has 0 bridgehead atoms. The molecule has 0 radical (unpaired) electrons. The van der Waals surface area contributed by atoms with Gasteiger partial charge >= 0.3 is 0 Å². The molecular formula is C14H14ClN3. The normalized spacial score (nSPS) is 14.6. The number of hydrogen-bond donors (Lipinski definition) is 0. The van der Waals surface area contributed by atoms with Crippen molar-refractivity contribution in [3.05, 3.63) is 47.6 Å². The zero-order valence-corrected chi connectivity index (χ0v) is 10.9. The Morgan fingerprint density at radius 3 is 2.56 bits per heavy atom. The first-order chi connectivity index (χ1) is 8.75. The van der Waals surface area contributed by atoms with Crippen molar-refractivity contribution < 1.29 is 0 Å². The molecule has 18 heavy (non-hydrogen) atoms. The summed E-state index contributed by atoms with van der Waals surface area (Å²) in [5.41, 5.74) is 2.41. The van der Waals surface area contributed by atoms with Crippen LogP contribution in [0.3, 0.4) is 0 Å². The molecule has 0 saturated heterocycles. The van der Waals surface area contributed by atoms with Gasteiger partial charge in [0, 0.05) is 20.1 Å². The fraction of sp³-hybridized carbons (Fsp3) is 0.214. The minimum atomic E-state index is 0.531. The van der Waals surface area contributed by atoms with Crippen LogP contribution in [0.2, 0.25) is 5.15 Å². The minimum Gasteiger partial charge on any atom is -0.371 e. The van der Waals surface area contributed by atoms with Crippen LogP contribution in [0.1, 0.15) is 0 Å². The lowest BCUT2D eigenvalue weighted by molar-refractivity contribution is 0.813. The molecule has 4 heteroatoms. The van der Waals surface area contributed by atoms with E-state index in [0.717, 1.165) is 18.9 Å². The van der Waals surface area contributed by atoms with Crippen molar-refractivity contribution in [3.8, 4) is 0 Å². The van der Waals surface area contributed by atoms with Gasteiger partial charge in [0.05, 0.1) is 11.4 Å². The second-order valence-corrected chi connectivity index (χ2v) is 4.77. The van der Waals surface area contributed by atoms with Crippen LogP contribution < -0.4 is 9.80 Å². The summed E-state index contributed by atoms with van der Waals surface area (Å²) >= 11 is 5.97. The molecule has 0 amide bonds. The van der Waals surface area contributed by atoms with Gasteiger partial charge in [-0.2, -0.15) is 0 Å². The Balaban J connectivity index is 2.07. The van der Waals surface area contributed by atoms with Crippen molar-refractivity contribution in [2.24, 2.45) is 0 Å². The van der Waals surface area contributed by atoms with Gasteiger partial charge in [0.15, 0.2) is 0 Å². The first-order valence-corrected chi connectivity index (χ1v) is 6.34. The average molecular weight is 260 g/mol. The van der Waals surface area contributed by atoms with E-state index in [9.17, 15) is 0 Å². The second-order valence-electron chi connectivity index (χ2n) is 4.38. The van der Waals surface area contributed by atoms with Gasteiger partial charge in [-0.05, 0) is 24.3 Å². The monoisotopic (exact) mass is 259 g/mol. The van der Waals surface area contributed by atoms with Crippen LogP contribution >= 0.6 is 11.6 Å². The highest BCUT2D eigenvalue weighted by Crippen LogP contribution is 2.36. The average Bonchev–Trinajstić information content (AvgIpc) is 2.39. The maximum atomic E-state index is 5.97. The number of aromatic nitrogens is 1. The summed E-state index contributed by atoms with van der Waals surface area (Å²) < 4.78 is 0. The fourth-order valence-electron chi connectivity index (χ4n) is 2.29. The van der Waals surface area contributed by atoms with E-state index >= 15 is 0 Å². The summed E-state index contributed by atoms with van der Waals surface area (Å²) in [4.78, 5) is 8.86. The lowest BCUT2D eigenvalue weighted by Crippen LogP contribution is -2.36.